The molecule has 0 bridgehead atoms. The Bertz CT molecular complexity index is 710. The molecule has 5 nitrogen and oxygen atoms in total. The van der Waals surface area contributed by atoms with E-state index in [1.807, 2.05) is 24.3 Å². The number of benzene rings is 1. The van der Waals surface area contributed by atoms with E-state index in [0.29, 0.717) is 17.4 Å². The molecule has 0 atom stereocenters. The Morgan fingerprint density at radius 3 is 2.81 bits per heavy atom. The fourth-order valence-corrected chi connectivity index (χ4v) is 2.58. The van der Waals surface area contributed by atoms with Gasteiger partial charge in [0.1, 0.15) is 5.52 Å². The molecule has 0 radical (unpaired) electrons. The summed E-state index contributed by atoms with van der Waals surface area (Å²) in [5.74, 6) is 0.578. The first-order valence-corrected chi connectivity index (χ1v) is 7.48. The van der Waals surface area contributed by atoms with Gasteiger partial charge in [0.05, 0.1) is 0 Å². The van der Waals surface area contributed by atoms with Crippen molar-refractivity contribution < 1.29 is 9.21 Å². The summed E-state index contributed by atoms with van der Waals surface area (Å²) in [5, 5.41) is 3.40. The molecule has 0 fully saturated rings. The van der Waals surface area contributed by atoms with Crippen LogP contribution in [0.3, 0.4) is 0 Å². The molecule has 0 aliphatic heterocycles. The standard InChI is InChI=1S/C15H13N3O2S/c19-14(17-11-5-8-16-9-6-11)7-10-21-15-18-12-3-1-2-4-13(12)20-15/h1-6,8-9H,7,10H2,(H,16,17,19). The van der Waals surface area contributed by atoms with Crippen molar-refractivity contribution in [1.29, 1.82) is 0 Å². The Morgan fingerprint density at radius 2 is 2.00 bits per heavy atom. The van der Waals surface area contributed by atoms with E-state index >= 15 is 0 Å². The fraction of sp³-hybridized carbons (Fsp3) is 0.133. The molecule has 0 saturated carbocycles. The number of carbonyl (C=O) groups is 1. The number of fused-ring (bicyclic) bond motifs is 1. The van der Waals surface area contributed by atoms with E-state index in [-0.39, 0.29) is 5.91 Å². The van der Waals surface area contributed by atoms with Crippen LogP contribution in [0, 0.1) is 0 Å². The molecule has 0 aliphatic carbocycles. The first kappa shape index (κ1) is 13.6. The summed E-state index contributed by atoms with van der Waals surface area (Å²) in [6.45, 7) is 0. The highest BCUT2D eigenvalue weighted by atomic mass is 32.2. The van der Waals surface area contributed by atoms with Crippen LogP contribution in [-0.2, 0) is 4.79 Å². The Kier molecular flexibility index (Phi) is 4.16. The fourth-order valence-electron chi connectivity index (χ4n) is 1.80. The second-order valence-electron chi connectivity index (χ2n) is 4.33. The smallest absolute Gasteiger partial charge is 0.256 e. The minimum absolute atomic E-state index is 0.0372. The summed E-state index contributed by atoms with van der Waals surface area (Å²) in [6.07, 6.45) is 3.68. The van der Waals surface area contributed by atoms with E-state index in [2.05, 4.69) is 15.3 Å². The summed E-state index contributed by atoms with van der Waals surface area (Å²) in [5.41, 5.74) is 2.35. The third-order valence-corrected chi connectivity index (χ3v) is 3.62. The van der Waals surface area contributed by atoms with Crippen molar-refractivity contribution >= 4 is 34.5 Å². The van der Waals surface area contributed by atoms with E-state index in [4.69, 9.17) is 4.42 Å². The minimum Gasteiger partial charge on any atom is -0.431 e. The van der Waals surface area contributed by atoms with Gasteiger partial charge in [0.15, 0.2) is 5.58 Å². The number of nitrogens with one attached hydrogen (secondary N) is 1. The maximum atomic E-state index is 11.8. The molecule has 3 rings (SSSR count). The van der Waals surface area contributed by atoms with E-state index in [1.165, 1.54) is 11.8 Å². The molecule has 2 aromatic heterocycles. The molecule has 1 aromatic carbocycles. The van der Waals surface area contributed by atoms with Crippen molar-refractivity contribution in [2.24, 2.45) is 0 Å². The van der Waals surface area contributed by atoms with Crippen molar-refractivity contribution in [3.05, 3.63) is 48.8 Å². The van der Waals surface area contributed by atoms with Crippen LogP contribution in [0.15, 0.2) is 58.4 Å². The summed E-state index contributed by atoms with van der Waals surface area (Å²) < 4.78 is 5.58. The Morgan fingerprint density at radius 1 is 1.19 bits per heavy atom. The number of pyridine rings is 1. The monoisotopic (exact) mass is 299 g/mol. The molecule has 1 amide bonds. The molecule has 0 aliphatic rings. The number of anilines is 1. The van der Waals surface area contributed by atoms with Gasteiger partial charge in [-0.15, -0.1) is 0 Å². The van der Waals surface area contributed by atoms with Gasteiger partial charge in [0.25, 0.3) is 5.22 Å². The van der Waals surface area contributed by atoms with Crippen LogP contribution in [-0.4, -0.2) is 21.6 Å². The quantitative estimate of drug-likeness (QED) is 0.732. The predicted octanol–water partition coefficient (Wildman–Crippen LogP) is 3.34. The van der Waals surface area contributed by atoms with Crippen molar-refractivity contribution in [2.75, 3.05) is 11.1 Å². The summed E-state index contributed by atoms with van der Waals surface area (Å²) >= 11 is 1.43. The zero-order valence-corrected chi connectivity index (χ0v) is 12.0. The van der Waals surface area contributed by atoms with Gasteiger partial charge < -0.3 is 9.73 Å². The van der Waals surface area contributed by atoms with E-state index < -0.39 is 0 Å². The number of thioether (sulfide) groups is 1. The van der Waals surface area contributed by atoms with Crippen LogP contribution in [0.2, 0.25) is 0 Å². The molecular formula is C15H13N3O2S. The van der Waals surface area contributed by atoms with Crippen LogP contribution in [0.4, 0.5) is 5.69 Å². The zero-order chi connectivity index (χ0) is 14.5. The summed E-state index contributed by atoms with van der Waals surface area (Å²) in [4.78, 5) is 20.0. The van der Waals surface area contributed by atoms with E-state index in [9.17, 15) is 4.79 Å². The number of amides is 1. The molecule has 6 heteroatoms. The van der Waals surface area contributed by atoms with Gasteiger partial charge in [-0.3, -0.25) is 9.78 Å². The van der Waals surface area contributed by atoms with Crippen molar-refractivity contribution in [2.45, 2.75) is 11.6 Å². The normalized spacial score (nSPS) is 10.7. The Hall–Kier alpha value is -2.34. The molecule has 0 saturated heterocycles. The van der Waals surface area contributed by atoms with Gasteiger partial charge in [-0.25, -0.2) is 4.98 Å². The molecule has 2 heterocycles. The lowest BCUT2D eigenvalue weighted by Gasteiger charge is -2.03. The Labute approximate surface area is 125 Å². The highest BCUT2D eigenvalue weighted by molar-refractivity contribution is 7.99. The minimum atomic E-state index is -0.0372. The second kappa shape index (κ2) is 6.41. The van der Waals surface area contributed by atoms with Crippen molar-refractivity contribution in [3.8, 4) is 0 Å². The number of para-hydroxylation sites is 2. The maximum Gasteiger partial charge on any atom is 0.256 e. The molecule has 106 valence electrons. The van der Waals surface area contributed by atoms with Crippen LogP contribution in [0.1, 0.15) is 6.42 Å². The molecule has 21 heavy (non-hydrogen) atoms. The third kappa shape index (κ3) is 3.61. The number of carbonyl (C=O) groups excluding carboxylic acids is 1. The predicted molar refractivity (Wildman–Crippen MR) is 82.2 cm³/mol. The van der Waals surface area contributed by atoms with Crippen LogP contribution in [0.25, 0.3) is 11.1 Å². The average Bonchev–Trinajstić information content (AvgIpc) is 2.91. The topological polar surface area (TPSA) is 68.0 Å². The van der Waals surface area contributed by atoms with E-state index in [1.54, 1.807) is 24.5 Å². The zero-order valence-electron chi connectivity index (χ0n) is 11.2. The van der Waals surface area contributed by atoms with Gasteiger partial charge in [-0.05, 0) is 24.3 Å². The highest BCUT2D eigenvalue weighted by Gasteiger charge is 2.07. The maximum absolute atomic E-state index is 11.8. The second-order valence-corrected chi connectivity index (χ2v) is 5.38. The molecular weight excluding hydrogens is 286 g/mol. The van der Waals surface area contributed by atoms with Crippen molar-refractivity contribution in [3.63, 3.8) is 0 Å². The molecule has 1 N–H and O–H groups in total. The van der Waals surface area contributed by atoms with Gasteiger partial charge >= 0.3 is 0 Å². The number of aromatic nitrogens is 2. The van der Waals surface area contributed by atoms with Crippen LogP contribution < -0.4 is 5.32 Å². The number of hydrogen-bond acceptors (Lipinski definition) is 5. The van der Waals surface area contributed by atoms with E-state index in [0.717, 1.165) is 16.8 Å². The lowest BCUT2D eigenvalue weighted by atomic mass is 10.3. The summed E-state index contributed by atoms with van der Waals surface area (Å²) in [7, 11) is 0. The van der Waals surface area contributed by atoms with Crippen LogP contribution in [0.5, 0.6) is 0 Å². The van der Waals surface area contributed by atoms with Crippen LogP contribution >= 0.6 is 11.8 Å². The molecule has 0 unspecified atom stereocenters. The van der Waals surface area contributed by atoms with Gasteiger partial charge in [-0.1, -0.05) is 23.9 Å². The molecule has 3 aromatic rings. The van der Waals surface area contributed by atoms with Gasteiger partial charge in [0, 0.05) is 30.3 Å². The number of nitrogens with zero attached hydrogens (tertiary/aromatic N) is 2. The average molecular weight is 299 g/mol. The lowest BCUT2D eigenvalue weighted by Crippen LogP contribution is -2.12. The third-order valence-electron chi connectivity index (χ3n) is 2.79. The lowest BCUT2D eigenvalue weighted by molar-refractivity contribution is -0.115. The Balaban J connectivity index is 1.50. The first-order valence-electron chi connectivity index (χ1n) is 6.49. The van der Waals surface area contributed by atoms with Gasteiger partial charge in [0.2, 0.25) is 5.91 Å². The largest absolute Gasteiger partial charge is 0.431 e. The first-order chi connectivity index (χ1) is 10.3. The molecule has 0 spiro atoms. The SMILES string of the molecule is O=C(CCSc1nc2ccccc2o1)Nc1ccncc1. The highest BCUT2D eigenvalue weighted by Crippen LogP contribution is 2.23. The van der Waals surface area contributed by atoms with Gasteiger partial charge in [-0.2, -0.15) is 0 Å². The number of hydrogen-bond donors (Lipinski definition) is 1. The number of oxazole rings is 1. The number of rotatable bonds is 5. The summed E-state index contributed by atoms with van der Waals surface area (Å²) in [6, 6.07) is 11.1. The van der Waals surface area contributed by atoms with Crippen molar-refractivity contribution in [1.82, 2.24) is 9.97 Å².